The first-order valence-electron chi connectivity index (χ1n) is 7.40. The Morgan fingerprint density at radius 3 is 2.75 bits per heavy atom. The minimum Gasteiger partial charge on any atom is -0.355 e. The van der Waals surface area contributed by atoms with Gasteiger partial charge < -0.3 is 5.32 Å². The molecule has 1 unspecified atom stereocenters. The molecule has 1 aromatic rings. The molecule has 0 aromatic heterocycles. The van der Waals surface area contributed by atoms with E-state index in [1.165, 1.54) is 12.8 Å². The number of hydrogen-bond acceptors (Lipinski definition) is 2. The Hall–Kier alpha value is -1.06. The van der Waals surface area contributed by atoms with E-state index in [0.29, 0.717) is 12.6 Å². The maximum Gasteiger partial charge on any atom is 0.234 e. The predicted octanol–water partition coefficient (Wildman–Crippen LogP) is 3.39. The molecule has 0 bridgehead atoms. The Bertz CT molecular complexity index is 460. The quantitative estimate of drug-likeness (QED) is 0.836. The van der Waals surface area contributed by atoms with Crippen LogP contribution in [-0.2, 0) is 4.79 Å². The first-order chi connectivity index (χ1) is 9.63. The summed E-state index contributed by atoms with van der Waals surface area (Å²) in [7, 11) is 0. The summed E-state index contributed by atoms with van der Waals surface area (Å²) in [5, 5.41) is 3.73. The molecule has 110 valence electrons. The second-order valence-electron chi connectivity index (χ2n) is 5.45. The van der Waals surface area contributed by atoms with Gasteiger partial charge in [0.05, 0.1) is 6.54 Å². The molecule has 1 saturated carbocycles. The van der Waals surface area contributed by atoms with Crippen molar-refractivity contribution in [3.63, 3.8) is 0 Å². The van der Waals surface area contributed by atoms with Crippen LogP contribution >= 0.6 is 11.6 Å². The van der Waals surface area contributed by atoms with Crippen molar-refractivity contribution in [1.82, 2.24) is 10.2 Å². The summed E-state index contributed by atoms with van der Waals surface area (Å²) >= 11 is 6.28. The van der Waals surface area contributed by atoms with Crippen LogP contribution in [0.4, 0.5) is 0 Å². The summed E-state index contributed by atoms with van der Waals surface area (Å²) in [5.74, 6) is 0.109. The van der Waals surface area contributed by atoms with Crippen LogP contribution in [0.15, 0.2) is 24.3 Å². The van der Waals surface area contributed by atoms with Gasteiger partial charge in [-0.1, -0.05) is 36.7 Å². The molecule has 1 aromatic carbocycles. The van der Waals surface area contributed by atoms with Crippen LogP contribution in [0.1, 0.15) is 44.7 Å². The molecule has 3 nitrogen and oxygen atoms in total. The van der Waals surface area contributed by atoms with Crippen LogP contribution in [-0.4, -0.2) is 29.9 Å². The highest BCUT2D eigenvalue weighted by Crippen LogP contribution is 2.36. The van der Waals surface area contributed by atoms with Crippen molar-refractivity contribution in [3.05, 3.63) is 34.9 Å². The average molecular weight is 295 g/mol. The third kappa shape index (κ3) is 3.97. The van der Waals surface area contributed by atoms with Gasteiger partial charge in [0, 0.05) is 23.7 Å². The number of halogens is 1. The molecule has 1 N–H and O–H groups in total. The number of nitrogens with one attached hydrogen (secondary N) is 1. The number of carbonyl (C=O) groups excluding carboxylic acids is 1. The van der Waals surface area contributed by atoms with E-state index >= 15 is 0 Å². The lowest BCUT2D eigenvalue weighted by Gasteiger charge is -2.29. The summed E-state index contributed by atoms with van der Waals surface area (Å²) in [6.07, 6.45) is 3.32. The lowest BCUT2D eigenvalue weighted by atomic mass is 10.1. The zero-order valence-electron chi connectivity index (χ0n) is 12.2. The van der Waals surface area contributed by atoms with Gasteiger partial charge in [-0.25, -0.2) is 0 Å². The van der Waals surface area contributed by atoms with Gasteiger partial charge >= 0.3 is 0 Å². The Labute approximate surface area is 126 Å². The largest absolute Gasteiger partial charge is 0.355 e. The van der Waals surface area contributed by atoms with Gasteiger partial charge in [0.1, 0.15) is 0 Å². The smallest absolute Gasteiger partial charge is 0.234 e. The van der Waals surface area contributed by atoms with E-state index in [-0.39, 0.29) is 11.9 Å². The Balaban J connectivity index is 2.05. The fourth-order valence-electron chi connectivity index (χ4n) is 2.47. The lowest BCUT2D eigenvalue weighted by molar-refractivity contribution is -0.122. The van der Waals surface area contributed by atoms with E-state index in [4.69, 9.17) is 11.6 Å². The molecule has 0 heterocycles. The summed E-state index contributed by atoms with van der Waals surface area (Å²) in [6.45, 7) is 5.40. The number of amides is 1. The molecule has 0 aliphatic heterocycles. The van der Waals surface area contributed by atoms with Gasteiger partial charge in [-0.3, -0.25) is 9.69 Å². The first kappa shape index (κ1) is 15.3. The molecular weight excluding hydrogens is 272 g/mol. The maximum absolute atomic E-state index is 12.0. The first-order valence-corrected chi connectivity index (χ1v) is 7.78. The molecule has 1 amide bonds. The SMILES string of the molecule is CCCNC(=O)CN(C1CC1)C(C)c1ccccc1Cl. The minimum atomic E-state index is 0.109. The van der Waals surface area contributed by atoms with E-state index in [2.05, 4.69) is 24.1 Å². The van der Waals surface area contributed by atoms with Crippen molar-refractivity contribution in [2.45, 2.75) is 45.2 Å². The highest BCUT2D eigenvalue weighted by molar-refractivity contribution is 6.31. The monoisotopic (exact) mass is 294 g/mol. The molecule has 1 atom stereocenters. The second-order valence-corrected chi connectivity index (χ2v) is 5.86. The average Bonchev–Trinajstić information content (AvgIpc) is 3.27. The Morgan fingerprint density at radius 1 is 1.45 bits per heavy atom. The number of rotatable bonds is 7. The van der Waals surface area contributed by atoms with Crippen molar-refractivity contribution >= 4 is 17.5 Å². The van der Waals surface area contributed by atoms with Crippen LogP contribution in [0.2, 0.25) is 5.02 Å². The topological polar surface area (TPSA) is 32.3 Å². The van der Waals surface area contributed by atoms with Gasteiger partial charge in [0.15, 0.2) is 0 Å². The van der Waals surface area contributed by atoms with E-state index in [0.717, 1.165) is 23.6 Å². The molecular formula is C16H23ClN2O. The van der Waals surface area contributed by atoms with Gasteiger partial charge in [-0.05, 0) is 37.8 Å². The zero-order chi connectivity index (χ0) is 14.5. The Kier molecular flexibility index (Phi) is 5.44. The van der Waals surface area contributed by atoms with Crippen molar-refractivity contribution in [2.24, 2.45) is 0 Å². The summed E-state index contributed by atoms with van der Waals surface area (Å²) in [5.41, 5.74) is 1.10. The standard InChI is InChI=1S/C16H23ClN2O/c1-3-10-18-16(20)11-19(13-8-9-13)12(2)14-6-4-5-7-15(14)17/h4-7,12-13H,3,8-11H2,1-2H3,(H,18,20). The molecule has 0 spiro atoms. The Morgan fingerprint density at radius 2 is 2.15 bits per heavy atom. The van der Waals surface area contributed by atoms with Crippen LogP contribution in [0.3, 0.4) is 0 Å². The zero-order valence-corrected chi connectivity index (χ0v) is 13.0. The summed E-state index contributed by atoms with van der Waals surface area (Å²) in [6, 6.07) is 8.59. The maximum atomic E-state index is 12.0. The molecule has 4 heteroatoms. The van der Waals surface area contributed by atoms with Crippen molar-refractivity contribution in [2.75, 3.05) is 13.1 Å². The minimum absolute atomic E-state index is 0.109. The van der Waals surface area contributed by atoms with E-state index in [1.54, 1.807) is 0 Å². The molecule has 20 heavy (non-hydrogen) atoms. The molecule has 1 aliphatic carbocycles. The fraction of sp³-hybridized carbons (Fsp3) is 0.562. The molecule has 1 aliphatic rings. The second kappa shape index (κ2) is 7.09. The number of hydrogen-bond donors (Lipinski definition) is 1. The molecule has 0 saturated heterocycles. The van der Waals surface area contributed by atoms with Gasteiger partial charge in [0.2, 0.25) is 5.91 Å². The van der Waals surface area contributed by atoms with E-state index in [9.17, 15) is 4.79 Å². The lowest BCUT2D eigenvalue weighted by Crippen LogP contribution is -2.40. The highest BCUT2D eigenvalue weighted by Gasteiger charge is 2.34. The summed E-state index contributed by atoms with van der Waals surface area (Å²) < 4.78 is 0. The van der Waals surface area contributed by atoms with Gasteiger partial charge in [-0.15, -0.1) is 0 Å². The fourth-order valence-corrected chi connectivity index (χ4v) is 2.76. The molecule has 1 fully saturated rings. The molecule has 0 radical (unpaired) electrons. The van der Waals surface area contributed by atoms with Crippen molar-refractivity contribution in [3.8, 4) is 0 Å². The van der Waals surface area contributed by atoms with Crippen LogP contribution in [0.25, 0.3) is 0 Å². The summed E-state index contributed by atoms with van der Waals surface area (Å²) in [4.78, 5) is 14.2. The third-order valence-electron chi connectivity index (χ3n) is 3.77. The number of benzene rings is 1. The van der Waals surface area contributed by atoms with E-state index < -0.39 is 0 Å². The number of carbonyl (C=O) groups is 1. The number of nitrogens with zero attached hydrogens (tertiary/aromatic N) is 1. The highest BCUT2D eigenvalue weighted by atomic mass is 35.5. The van der Waals surface area contributed by atoms with E-state index in [1.807, 2.05) is 24.3 Å². The van der Waals surface area contributed by atoms with Gasteiger partial charge in [-0.2, -0.15) is 0 Å². The van der Waals surface area contributed by atoms with Crippen LogP contribution in [0, 0.1) is 0 Å². The van der Waals surface area contributed by atoms with Crippen LogP contribution < -0.4 is 5.32 Å². The van der Waals surface area contributed by atoms with Crippen molar-refractivity contribution < 1.29 is 4.79 Å². The predicted molar refractivity (Wildman–Crippen MR) is 82.9 cm³/mol. The van der Waals surface area contributed by atoms with Crippen LogP contribution in [0.5, 0.6) is 0 Å². The normalized spacial score (nSPS) is 16.2. The van der Waals surface area contributed by atoms with Crippen molar-refractivity contribution in [1.29, 1.82) is 0 Å². The molecule has 2 rings (SSSR count). The third-order valence-corrected chi connectivity index (χ3v) is 4.11. The van der Waals surface area contributed by atoms with Gasteiger partial charge in [0.25, 0.3) is 0 Å².